The molecule has 3 aromatic carbocycles. The highest BCUT2D eigenvalue weighted by atomic mass is 16.6. The summed E-state index contributed by atoms with van der Waals surface area (Å²) >= 11 is 0. The summed E-state index contributed by atoms with van der Waals surface area (Å²) in [7, 11) is 0. The number of carbonyl (C=O) groups excluding carboxylic acids is 1. The second-order valence-corrected chi connectivity index (χ2v) is 7.73. The molecule has 1 heterocycles. The van der Waals surface area contributed by atoms with Crippen LogP contribution in [0.4, 0.5) is 11.4 Å². The highest BCUT2D eigenvalue weighted by Gasteiger charge is 2.26. The van der Waals surface area contributed by atoms with Crippen molar-refractivity contribution in [2.24, 2.45) is 0 Å². The third-order valence-corrected chi connectivity index (χ3v) is 5.47. The van der Waals surface area contributed by atoms with Gasteiger partial charge in [-0.15, -0.1) is 0 Å². The van der Waals surface area contributed by atoms with Gasteiger partial charge in [-0.05, 0) is 43.2 Å². The monoisotopic (exact) mass is 490 g/mol. The lowest BCUT2D eigenvalue weighted by molar-refractivity contribution is -0.395. The summed E-state index contributed by atoms with van der Waals surface area (Å²) in [5, 5.41) is 22.7. The van der Waals surface area contributed by atoms with E-state index in [2.05, 4.69) is 0 Å². The highest BCUT2D eigenvalue weighted by molar-refractivity contribution is 5.93. The zero-order chi connectivity index (χ0) is 26.0. The number of ether oxygens (including phenoxy) is 2. The van der Waals surface area contributed by atoms with Crippen LogP contribution in [0.3, 0.4) is 0 Å². The number of hydrogen-bond donors (Lipinski definition) is 0. The van der Waals surface area contributed by atoms with E-state index in [1.807, 2.05) is 19.1 Å². The number of hydrogen-bond acceptors (Lipinski definition) is 9. The third-order valence-electron chi connectivity index (χ3n) is 5.47. The Morgan fingerprint density at radius 1 is 0.944 bits per heavy atom. The molecule has 1 aromatic heterocycles. The summed E-state index contributed by atoms with van der Waals surface area (Å²) in [4.78, 5) is 46.3. The van der Waals surface area contributed by atoms with E-state index in [1.54, 1.807) is 12.1 Å². The molecule has 182 valence electrons. The van der Waals surface area contributed by atoms with E-state index in [1.165, 1.54) is 25.1 Å². The number of aryl methyl sites for hydroxylation is 1. The predicted octanol–water partition coefficient (Wildman–Crippen LogP) is 5.49. The van der Waals surface area contributed by atoms with Gasteiger partial charge in [-0.1, -0.05) is 19.1 Å². The van der Waals surface area contributed by atoms with Gasteiger partial charge < -0.3 is 13.9 Å². The Labute approximate surface area is 202 Å². The van der Waals surface area contributed by atoms with Gasteiger partial charge in [0.15, 0.2) is 0 Å². The molecule has 0 radical (unpaired) electrons. The Kier molecular flexibility index (Phi) is 6.46. The maximum atomic E-state index is 12.8. The van der Waals surface area contributed by atoms with Crippen molar-refractivity contribution in [3.05, 3.63) is 108 Å². The van der Waals surface area contributed by atoms with Crippen LogP contribution >= 0.6 is 0 Å². The van der Waals surface area contributed by atoms with Gasteiger partial charge in [0.25, 0.3) is 11.4 Å². The maximum Gasteiger partial charge on any atom is 0.344 e. The van der Waals surface area contributed by atoms with Gasteiger partial charge in [-0.25, -0.2) is 4.79 Å². The number of carbonyl (C=O) groups is 1. The first-order chi connectivity index (χ1) is 17.2. The highest BCUT2D eigenvalue weighted by Crippen LogP contribution is 2.30. The van der Waals surface area contributed by atoms with Crippen molar-refractivity contribution in [3.63, 3.8) is 0 Å². The Balaban J connectivity index is 1.60. The number of nitro groups is 2. The van der Waals surface area contributed by atoms with Gasteiger partial charge in [0, 0.05) is 18.2 Å². The number of nitro benzene ring substituents is 2. The fraction of sp³-hybridized carbons (Fsp3) is 0.120. The lowest BCUT2D eigenvalue weighted by atomic mass is 10.1. The Hall–Kier alpha value is -5.06. The van der Waals surface area contributed by atoms with Crippen LogP contribution in [-0.4, -0.2) is 15.8 Å². The molecule has 0 atom stereocenters. The van der Waals surface area contributed by atoms with Gasteiger partial charge in [0.05, 0.1) is 20.8 Å². The molecule has 36 heavy (non-hydrogen) atoms. The Morgan fingerprint density at radius 3 is 2.14 bits per heavy atom. The zero-order valence-corrected chi connectivity index (χ0v) is 19.0. The molecule has 0 N–H and O–H groups in total. The number of esters is 1. The SMILES string of the molecule is CCc1ccc(Oc2coc3cc(OC(=O)c4cc([N+](=O)[O-])c(C)c([N+](=O)[O-])c4)ccc3c2=O)cc1. The van der Waals surface area contributed by atoms with Crippen LogP contribution in [0, 0.1) is 27.2 Å². The smallest absolute Gasteiger partial charge is 0.344 e. The van der Waals surface area contributed by atoms with E-state index in [0.717, 1.165) is 30.4 Å². The number of nitrogens with zero attached hydrogens (tertiary/aromatic N) is 2. The second kappa shape index (κ2) is 9.66. The lowest BCUT2D eigenvalue weighted by Gasteiger charge is -2.08. The molecule has 0 fully saturated rings. The molecule has 11 nitrogen and oxygen atoms in total. The summed E-state index contributed by atoms with van der Waals surface area (Å²) in [5.74, 6) is -0.662. The molecule has 4 rings (SSSR count). The van der Waals surface area contributed by atoms with E-state index in [-0.39, 0.29) is 33.6 Å². The largest absolute Gasteiger partial charge is 0.460 e. The fourth-order valence-corrected chi connectivity index (χ4v) is 3.49. The molecular formula is C25H18N2O9. The summed E-state index contributed by atoms with van der Waals surface area (Å²) in [6, 6.07) is 13.0. The normalized spacial score (nSPS) is 10.7. The van der Waals surface area contributed by atoms with Gasteiger partial charge >= 0.3 is 5.97 Å². The zero-order valence-electron chi connectivity index (χ0n) is 19.0. The van der Waals surface area contributed by atoms with E-state index >= 15 is 0 Å². The average molecular weight is 490 g/mol. The van der Waals surface area contributed by atoms with Crippen LogP contribution < -0.4 is 14.9 Å². The standard InChI is InChI=1S/C25H18N2O9/c1-3-15-4-6-17(7-5-15)35-23-13-34-22-12-18(8-9-19(22)24(23)28)36-25(29)16-10-20(26(30)31)14(2)21(11-16)27(32)33/h4-13H,3H2,1-2H3. The summed E-state index contributed by atoms with van der Waals surface area (Å²) in [6.07, 6.45) is 2.00. The minimum absolute atomic E-state index is 0.0317. The fourth-order valence-electron chi connectivity index (χ4n) is 3.49. The van der Waals surface area contributed by atoms with Crippen molar-refractivity contribution in [3.8, 4) is 17.2 Å². The van der Waals surface area contributed by atoms with Crippen LogP contribution in [0.2, 0.25) is 0 Å². The van der Waals surface area contributed by atoms with Crippen LogP contribution in [0.25, 0.3) is 11.0 Å². The summed E-state index contributed by atoms with van der Waals surface area (Å²) in [5.41, 5.74) is -0.968. The van der Waals surface area contributed by atoms with Crippen molar-refractivity contribution in [1.82, 2.24) is 0 Å². The third kappa shape index (κ3) is 4.75. The molecule has 0 spiro atoms. The number of benzene rings is 3. The van der Waals surface area contributed by atoms with Gasteiger partial charge in [-0.3, -0.25) is 25.0 Å². The van der Waals surface area contributed by atoms with Crippen molar-refractivity contribution in [2.75, 3.05) is 0 Å². The van der Waals surface area contributed by atoms with E-state index in [9.17, 15) is 29.8 Å². The molecule has 4 aromatic rings. The van der Waals surface area contributed by atoms with Crippen molar-refractivity contribution in [2.45, 2.75) is 20.3 Å². The van der Waals surface area contributed by atoms with E-state index in [4.69, 9.17) is 13.9 Å². The molecule has 0 aliphatic rings. The van der Waals surface area contributed by atoms with E-state index < -0.39 is 32.6 Å². The Morgan fingerprint density at radius 2 is 1.56 bits per heavy atom. The van der Waals surface area contributed by atoms with Gasteiger partial charge in [-0.2, -0.15) is 0 Å². The predicted molar refractivity (Wildman–Crippen MR) is 128 cm³/mol. The molecule has 0 aliphatic heterocycles. The minimum Gasteiger partial charge on any atom is -0.460 e. The topological polar surface area (TPSA) is 152 Å². The summed E-state index contributed by atoms with van der Waals surface area (Å²) in [6.45, 7) is 3.24. The second-order valence-electron chi connectivity index (χ2n) is 7.73. The molecule has 0 saturated heterocycles. The van der Waals surface area contributed by atoms with Crippen molar-refractivity contribution in [1.29, 1.82) is 0 Å². The molecule has 11 heteroatoms. The van der Waals surface area contributed by atoms with Crippen LogP contribution in [0.1, 0.15) is 28.4 Å². The quantitative estimate of drug-likeness (QED) is 0.142. The summed E-state index contributed by atoms with van der Waals surface area (Å²) < 4.78 is 16.4. The first kappa shape index (κ1) is 24.1. The van der Waals surface area contributed by atoms with E-state index in [0.29, 0.717) is 5.75 Å². The molecular weight excluding hydrogens is 472 g/mol. The molecule has 0 bridgehead atoms. The molecule has 0 aliphatic carbocycles. The molecule has 0 saturated carbocycles. The molecule has 0 unspecified atom stereocenters. The van der Waals surface area contributed by atoms with Crippen LogP contribution in [0.5, 0.6) is 17.2 Å². The first-order valence-electron chi connectivity index (χ1n) is 10.7. The van der Waals surface area contributed by atoms with Crippen LogP contribution in [-0.2, 0) is 6.42 Å². The van der Waals surface area contributed by atoms with Crippen molar-refractivity contribution >= 4 is 28.3 Å². The molecule has 0 amide bonds. The first-order valence-corrected chi connectivity index (χ1v) is 10.7. The average Bonchev–Trinajstić information content (AvgIpc) is 2.86. The maximum absolute atomic E-state index is 12.8. The number of fused-ring (bicyclic) bond motifs is 1. The van der Waals surface area contributed by atoms with Crippen LogP contribution in [0.15, 0.2) is 70.1 Å². The number of rotatable bonds is 7. The lowest BCUT2D eigenvalue weighted by Crippen LogP contribution is -2.11. The van der Waals surface area contributed by atoms with Gasteiger partial charge in [0.2, 0.25) is 11.2 Å². The Bertz CT molecular complexity index is 1540. The van der Waals surface area contributed by atoms with Crippen molar-refractivity contribution < 1.29 is 28.5 Å². The minimum atomic E-state index is -1.06. The van der Waals surface area contributed by atoms with Gasteiger partial charge in [0.1, 0.15) is 28.9 Å².